The normalized spacial score (nSPS) is 17.7. The smallest absolute Gasteiger partial charge is 0.320 e. The van der Waals surface area contributed by atoms with E-state index < -0.39 is 11.2 Å². The van der Waals surface area contributed by atoms with Crippen molar-refractivity contribution >= 4 is 11.9 Å². The molecular weight excluding hydrogens is 508 g/mol. The molecule has 1 aliphatic heterocycles. The minimum absolute atomic E-state index is 0.206. The van der Waals surface area contributed by atoms with E-state index >= 15 is 0 Å². The molecule has 0 aliphatic carbocycles. The molecule has 0 atom stereocenters. The van der Waals surface area contributed by atoms with Crippen LogP contribution in [0.2, 0.25) is 0 Å². The molecule has 9 heteroatoms. The fraction of sp³-hybridized carbons (Fsp3) is 0.935. The first-order valence-corrected chi connectivity index (χ1v) is 15.8. The maximum atomic E-state index is 12.7. The van der Waals surface area contributed by atoms with Crippen LogP contribution in [0.15, 0.2) is 0 Å². The van der Waals surface area contributed by atoms with E-state index in [0.29, 0.717) is 19.7 Å². The number of nitrogens with zero attached hydrogens (tertiary/aromatic N) is 3. The molecular formula is C31H62N4O5. The lowest BCUT2D eigenvalue weighted by atomic mass is 10.1. The van der Waals surface area contributed by atoms with Gasteiger partial charge in [-0.25, -0.2) is 0 Å². The van der Waals surface area contributed by atoms with Crippen LogP contribution in [0.5, 0.6) is 0 Å². The van der Waals surface area contributed by atoms with Gasteiger partial charge in [0.25, 0.3) is 0 Å². The van der Waals surface area contributed by atoms with Gasteiger partial charge in [0.2, 0.25) is 0 Å². The van der Waals surface area contributed by atoms with Crippen LogP contribution in [0.4, 0.5) is 0 Å². The Labute approximate surface area is 245 Å². The summed E-state index contributed by atoms with van der Waals surface area (Å²) in [6, 6.07) is 0. The lowest BCUT2D eigenvalue weighted by Crippen LogP contribution is -2.47. The van der Waals surface area contributed by atoms with Crippen LogP contribution in [0.3, 0.4) is 0 Å². The number of nitrogens with one attached hydrogen (secondary N) is 1. The van der Waals surface area contributed by atoms with Crippen molar-refractivity contribution in [2.24, 2.45) is 0 Å². The average Bonchev–Trinajstić information content (AvgIpc) is 2.82. The molecule has 0 aromatic rings. The maximum absolute atomic E-state index is 12.7. The molecule has 236 valence electrons. The molecule has 0 bridgehead atoms. The van der Waals surface area contributed by atoms with Crippen LogP contribution >= 0.6 is 0 Å². The fourth-order valence-corrected chi connectivity index (χ4v) is 4.84. The Bertz CT molecular complexity index is 678. The number of carbonyl (C=O) groups excluding carboxylic acids is 2. The lowest BCUT2D eigenvalue weighted by molar-refractivity contribution is -0.158. The number of hydrogen-bond acceptors (Lipinski definition) is 9. The summed E-state index contributed by atoms with van der Waals surface area (Å²) in [4.78, 5) is 32.0. The number of rotatable bonds is 15. The number of aliphatic hydroxyl groups is 1. The van der Waals surface area contributed by atoms with Crippen LogP contribution < -0.4 is 5.32 Å². The second kappa shape index (κ2) is 20.6. The van der Waals surface area contributed by atoms with Crippen molar-refractivity contribution in [3.8, 4) is 0 Å². The zero-order valence-electron chi connectivity index (χ0n) is 26.8. The first-order chi connectivity index (χ1) is 18.9. The highest BCUT2D eigenvalue weighted by molar-refractivity contribution is 5.72. The fourth-order valence-electron chi connectivity index (χ4n) is 4.84. The standard InChI is InChI=1S/C31H62N4O5/c1-30(2,3)39-28(37)26-34-20-17-32-16-19-33(18-14-12-10-8-7-9-11-13-15-25-36)21-22-35(24-23-34)27-29(38)40-31(4,5)6/h32,36H,7-27H2,1-6H3. The van der Waals surface area contributed by atoms with E-state index in [9.17, 15) is 9.59 Å². The van der Waals surface area contributed by atoms with Crippen molar-refractivity contribution in [2.75, 3.05) is 78.6 Å². The molecule has 40 heavy (non-hydrogen) atoms. The Morgan fingerprint density at radius 1 is 0.600 bits per heavy atom. The van der Waals surface area contributed by atoms with E-state index in [2.05, 4.69) is 20.0 Å². The van der Waals surface area contributed by atoms with Crippen LogP contribution in [0.1, 0.15) is 99.3 Å². The van der Waals surface area contributed by atoms with E-state index in [0.717, 1.165) is 58.7 Å². The van der Waals surface area contributed by atoms with Crippen LogP contribution in [-0.4, -0.2) is 122 Å². The highest BCUT2D eigenvalue weighted by Gasteiger charge is 2.23. The van der Waals surface area contributed by atoms with Gasteiger partial charge in [-0.2, -0.15) is 0 Å². The molecule has 2 N–H and O–H groups in total. The minimum Gasteiger partial charge on any atom is -0.459 e. The quantitative estimate of drug-likeness (QED) is 0.226. The van der Waals surface area contributed by atoms with Gasteiger partial charge in [0, 0.05) is 59.0 Å². The van der Waals surface area contributed by atoms with Gasteiger partial charge in [0.05, 0.1) is 13.1 Å². The van der Waals surface area contributed by atoms with Crippen molar-refractivity contribution in [3.63, 3.8) is 0 Å². The van der Waals surface area contributed by atoms with E-state index in [1.54, 1.807) is 0 Å². The zero-order valence-corrected chi connectivity index (χ0v) is 26.8. The Morgan fingerprint density at radius 2 is 0.975 bits per heavy atom. The molecule has 0 unspecified atom stereocenters. The van der Waals surface area contributed by atoms with Gasteiger partial charge in [0.1, 0.15) is 11.2 Å². The monoisotopic (exact) mass is 570 g/mol. The molecule has 1 heterocycles. The van der Waals surface area contributed by atoms with Crippen molar-refractivity contribution in [2.45, 2.75) is 111 Å². The highest BCUT2D eigenvalue weighted by Crippen LogP contribution is 2.11. The predicted octanol–water partition coefficient (Wildman–Crippen LogP) is 3.68. The van der Waals surface area contributed by atoms with Gasteiger partial charge in [-0.3, -0.25) is 19.4 Å². The molecule has 1 aliphatic rings. The number of unbranched alkanes of at least 4 members (excludes halogenated alkanes) is 8. The van der Waals surface area contributed by atoms with Crippen LogP contribution in [0.25, 0.3) is 0 Å². The second-order valence-electron chi connectivity index (χ2n) is 13.2. The second-order valence-corrected chi connectivity index (χ2v) is 13.2. The first kappa shape index (κ1) is 36.8. The number of ether oxygens (including phenoxy) is 2. The predicted molar refractivity (Wildman–Crippen MR) is 163 cm³/mol. The molecule has 0 aromatic heterocycles. The summed E-state index contributed by atoms with van der Waals surface area (Å²) in [5.74, 6) is -0.422. The van der Waals surface area contributed by atoms with Crippen LogP contribution in [0, 0.1) is 0 Å². The molecule has 0 saturated carbocycles. The van der Waals surface area contributed by atoms with Gasteiger partial charge in [-0.15, -0.1) is 0 Å². The van der Waals surface area contributed by atoms with Crippen molar-refractivity contribution in [1.82, 2.24) is 20.0 Å². The van der Waals surface area contributed by atoms with E-state index in [1.165, 1.54) is 44.9 Å². The summed E-state index contributed by atoms with van der Waals surface area (Å²) < 4.78 is 11.2. The Balaban J connectivity index is 2.62. The summed E-state index contributed by atoms with van der Waals surface area (Å²) in [6.07, 6.45) is 10.9. The van der Waals surface area contributed by atoms with Crippen molar-refractivity contribution < 1.29 is 24.2 Å². The SMILES string of the molecule is CC(C)(C)OC(=O)CN1CCNCCN(CCCCCCCCCCCO)CCN(CC(=O)OC(C)(C)C)CC1. The van der Waals surface area contributed by atoms with E-state index in [-0.39, 0.29) is 25.0 Å². The third kappa shape index (κ3) is 21.5. The molecule has 1 rings (SSSR count). The molecule has 1 saturated heterocycles. The summed E-state index contributed by atoms with van der Waals surface area (Å²) >= 11 is 0. The number of aliphatic hydroxyl groups excluding tert-OH is 1. The molecule has 0 spiro atoms. The van der Waals surface area contributed by atoms with Gasteiger partial charge in [-0.05, 0) is 60.9 Å². The molecule has 1 fully saturated rings. The molecule has 0 aromatic carbocycles. The zero-order chi connectivity index (χ0) is 29.9. The Hall–Kier alpha value is -1.26. The minimum atomic E-state index is -0.510. The molecule has 9 nitrogen and oxygen atoms in total. The molecule has 0 radical (unpaired) electrons. The largest absolute Gasteiger partial charge is 0.459 e. The van der Waals surface area contributed by atoms with Gasteiger partial charge < -0.3 is 24.8 Å². The Kier molecular flexibility index (Phi) is 18.9. The maximum Gasteiger partial charge on any atom is 0.320 e. The molecule has 0 amide bonds. The van der Waals surface area contributed by atoms with Gasteiger partial charge >= 0.3 is 11.9 Å². The van der Waals surface area contributed by atoms with Gasteiger partial charge in [-0.1, -0.05) is 44.9 Å². The van der Waals surface area contributed by atoms with Crippen molar-refractivity contribution in [1.29, 1.82) is 0 Å². The lowest BCUT2D eigenvalue weighted by Gasteiger charge is -2.32. The first-order valence-electron chi connectivity index (χ1n) is 15.8. The van der Waals surface area contributed by atoms with E-state index in [1.807, 2.05) is 41.5 Å². The number of esters is 2. The van der Waals surface area contributed by atoms with Gasteiger partial charge in [0.15, 0.2) is 0 Å². The third-order valence-corrected chi connectivity index (χ3v) is 6.85. The summed E-state index contributed by atoms with van der Waals surface area (Å²) in [7, 11) is 0. The number of carbonyl (C=O) groups is 2. The highest BCUT2D eigenvalue weighted by atomic mass is 16.6. The topological polar surface area (TPSA) is 94.6 Å². The summed E-state index contributed by atoms with van der Waals surface area (Å²) in [6.45, 7) is 19.7. The summed E-state index contributed by atoms with van der Waals surface area (Å²) in [5, 5.41) is 12.4. The third-order valence-electron chi connectivity index (χ3n) is 6.85. The summed E-state index contributed by atoms with van der Waals surface area (Å²) in [5.41, 5.74) is -1.02. The van der Waals surface area contributed by atoms with Crippen molar-refractivity contribution in [3.05, 3.63) is 0 Å². The average molecular weight is 571 g/mol. The number of hydrogen-bond donors (Lipinski definition) is 2. The van der Waals surface area contributed by atoms with E-state index in [4.69, 9.17) is 14.6 Å². The van der Waals surface area contributed by atoms with Crippen LogP contribution in [-0.2, 0) is 19.1 Å². The Morgan fingerprint density at radius 3 is 1.43 bits per heavy atom.